The van der Waals surface area contributed by atoms with Gasteiger partial charge in [0.15, 0.2) is 0 Å². The van der Waals surface area contributed by atoms with E-state index in [0.717, 1.165) is 18.2 Å². The standard InChI is InChI=1S/C24H26F2N4O3S/c1-4-29(5-2)34(32,33)21-10-6-18(7-11-21)8-13-23(31)28-24-17(3)15-27-30(24)16-19-14-20(25)9-12-22(19)26/h6-15H,4-5,16H2,1-3H3,(H,28,31)/b13-8+. The molecule has 0 radical (unpaired) electrons. The maximum absolute atomic E-state index is 14.0. The van der Waals surface area contributed by atoms with Gasteiger partial charge in [0.05, 0.1) is 17.6 Å². The van der Waals surface area contributed by atoms with E-state index in [9.17, 15) is 22.0 Å². The van der Waals surface area contributed by atoms with Crippen molar-refractivity contribution in [2.45, 2.75) is 32.2 Å². The first-order valence-electron chi connectivity index (χ1n) is 10.7. The second-order valence-electron chi connectivity index (χ2n) is 7.55. The van der Waals surface area contributed by atoms with Crippen molar-refractivity contribution in [1.29, 1.82) is 0 Å². The van der Waals surface area contributed by atoms with Crippen LogP contribution in [0.4, 0.5) is 14.6 Å². The molecule has 0 unspecified atom stereocenters. The molecule has 1 amide bonds. The summed E-state index contributed by atoms with van der Waals surface area (Å²) in [6.45, 7) is 5.99. The van der Waals surface area contributed by atoms with Crippen molar-refractivity contribution in [1.82, 2.24) is 14.1 Å². The van der Waals surface area contributed by atoms with E-state index in [1.54, 1.807) is 39.0 Å². The Morgan fingerprint density at radius 3 is 2.44 bits per heavy atom. The molecule has 180 valence electrons. The van der Waals surface area contributed by atoms with Crippen LogP contribution in [0.2, 0.25) is 0 Å². The van der Waals surface area contributed by atoms with Gasteiger partial charge in [-0.1, -0.05) is 26.0 Å². The lowest BCUT2D eigenvalue weighted by molar-refractivity contribution is -0.111. The lowest BCUT2D eigenvalue weighted by Gasteiger charge is -2.18. The Morgan fingerprint density at radius 2 is 1.79 bits per heavy atom. The third-order valence-electron chi connectivity index (χ3n) is 5.24. The lowest BCUT2D eigenvalue weighted by atomic mass is 10.2. The summed E-state index contributed by atoms with van der Waals surface area (Å²) < 4.78 is 55.4. The summed E-state index contributed by atoms with van der Waals surface area (Å²) in [6.07, 6.45) is 4.37. The molecule has 0 fully saturated rings. The largest absolute Gasteiger partial charge is 0.307 e. The van der Waals surface area contributed by atoms with Gasteiger partial charge < -0.3 is 5.32 Å². The number of aromatic nitrogens is 2. The van der Waals surface area contributed by atoms with Gasteiger partial charge in [-0.2, -0.15) is 9.40 Å². The normalized spacial score (nSPS) is 11.9. The molecule has 1 aromatic heterocycles. The van der Waals surface area contributed by atoms with E-state index < -0.39 is 27.6 Å². The zero-order valence-corrected chi connectivity index (χ0v) is 19.9. The number of amides is 1. The Labute approximate surface area is 197 Å². The monoisotopic (exact) mass is 488 g/mol. The van der Waals surface area contributed by atoms with Crippen molar-refractivity contribution >= 4 is 27.8 Å². The number of aryl methyl sites for hydroxylation is 1. The molecule has 0 saturated heterocycles. The maximum atomic E-state index is 14.0. The van der Waals surface area contributed by atoms with Crippen molar-refractivity contribution in [2.24, 2.45) is 0 Å². The predicted molar refractivity (Wildman–Crippen MR) is 127 cm³/mol. The highest BCUT2D eigenvalue weighted by Crippen LogP contribution is 2.19. The summed E-state index contributed by atoms with van der Waals surface area (Å²) in [5.74, 6) is -1.23. The number of nitrogens with one attached hydrogen (secondary N) is 1. The van der Waals surface area contributed by atoms with E-state index in [2.05, 4.69) is 10.4 Å². The molecule has 0 spiro atoms. The van der Waals surface area contributed by atoms with Crippen LogP contribution < -0.4 is 5.32 Å². The number of sulfonamides is 1. The van der Waals surface area contributed by atoms with Crippen molar-refractivity contribution in [3.63, 3.8) is 0 Å². The van der Waals surface area contributed by atoms with Crippen LogP contribution >= 0.6 is 0 Å². The summed E-state index contributed by atoms with van der Waals surface area (Å²) in [5, 5.41) is 6.85. The Kier molecular flexibility index (Phi) is 7.95. The van der Waals surface area contributed by atoms with E-state index >= 15 is 0 Å². The second-order valence-corrected chi connectivity index (χ2v) is 9.49. The van der Waals surface area contributed by atoms with Crippen molar-refractivity contribution in [3.8, 4) is 0 Å². The highest BCUT2D eigenvalue weighted by Gasteiger charge is 2.21. The molecule has 0 aliphatic heterocycles. The molecular weight excluding hydrogens is 462 g/mol. The average Bonchev–Trinajstić information content (AvgIpc) is 3.14. The summed E-state index contributed by atoms with van der Waals surface area (Å²) in [4.78, 5) is 12.7. The Balaban J connectivity index is 1.71. The molecule has 1 N–H and O–H groups in total. The van der Waals surface area contributed by atoms with Crippen LogP contribution in [0.5, 0.6) is 0 Å². The molecule has 3 aromatic rings. The van der Waals surface area contributed by atoms with Crippen molar-refractivity contribution in [2.75, 3.05) is 18.4 Å². The predicted octanol–water partition coefficient (Wildman–Crippen LogP) is 4.20. The highest BCUT2D eigenvalue weighted by atomic mass is 32.2. The van der Waals surface area contributed by atoms with Gasteiger partial charge in [0.25, 0.3) is 0 Å². The van der Waals surface area contributed by atoms with Crippen molar-refractivity contribution in [3.05, 3.63) is 83.1 Å². The van der Waals surface area contributed by atoms with Gasteiger partial charge >= 0.3 is 0 Å². The number of hydrogen-bond donors (Lipinski definition) is 1. The van der Waals surface area contributed by atoms with Crippen LogP contribution in [-0.2, 0) is 21.4 Å². The first-order chi connectivity index (χ1) is 16.1. The van der Waals surface area contributed by atoms with Gasteiger partial charge in [-0.05, 0) is 48.9 Å². The first kappa shape index (κ1) is 25.3. The van der Waals surface area contributed by atoms with Crippen LogP contribution in [0.15, 0.2) is 59.6 Å². The first-order valence-corrected chi connectivity index (χ1v) is 12.1. The molecular formula is C24H26F2N4O3S. The van der Waals surface area contributed by atoms with E-state index in [1.807, 2.05) is 0 Å². The number of hydrogen-bond acceptors (Lipinski definition) is 4. The quantitative estimate of drug-likeness (QED) is 0.458. The SMILES string of the molecule is CCN(CC)S(=O)(=O)c1ccc(/C=C/C(=O)Nc2c(C)cnn2Cc2cc(F)ccc2F)cc1. The van der Waals surface area contributed by atoms with E-state index in [4.69, 9.17) is 0 Å². The molecule has 10 heteroatoms. The molecule has 0 saturated carbocycles. The van der Waals surface area contributed by atoms with Gasteiger partial charge in [0.2, 0.25) is 15.9 Å². The van der Waals surface area contributed by atoms with Gasteiger partial charge in [-0.15, -0.1) is 0 Å². The molecule has 3 rings (SSSR count). The molecule has 1 heterocycles. The van der Waals surface area contributed by atoms with Gasteiger partial charge in [0, 0.05) is 30.3 Å². The van der Waals surface area contributed by atoms with Gasteiger partial charge in [0.1, 0.15) is 17.5 Å². The van der Waals surface area contributed by atoms with Crippen molar-refractivity contribution < 1.29 is 22.0 Å². The molecule has 34 heavy (non-hydrogen) atoms. The fourth-order valence-corrected chi connectivity index (χ4v) is 4.84. The lowest BCUT2D eigenvalue weighted by Crippen LogP contribution is -2.30. The maximum Gasteiger partial charge on any atom is 0.249 e. The zero-order valence-electron chi connectivity index (χ0n) is 19.1. The Hall–Kier alpha value is -3.37. The molecule has 0 aliphatic rings. The van der Waals surface area contributed by atoms with Gasteiger partial charge in [-0.3, -0.25) is 4.79 Å². The number of benzene rings is 2. The minimum Gasteiger partial charge on any atom is -0.307 e. The topological polar surface area (TPSA) is 84.3 Å². The number of anilines is 1. The van der Waals surface area contributed by atoms with Gasteiger partial charge in [-0.25, -0.2) is 21.9 Å². The number of rotatable bonds is 9. The number of carbonyl (C=O) groups is 1. The number of halogens is 2. The Bertz CT molecular complexity index is 1300. The zero-order chi connectivity index (χ0) is 24.9. The highest BCUT2D eigenvalue weighted by molar-refractivity contribution is 7.89. The Morgan fingerprint density at radius 1 is 1.12 bits per heavy atom. The van der Waals surface area contributed by atoms with Crippen LogP contribution in [0, 0.1) is 18.6 Å². The van der Waals surface area contributed by atoms with E-state index in [1.165, 1.54) is 33.4 Å². The molecule has 0 aliphatic carbocycles. The van der Waals surface area contributed by atoms with E-state index in [0.29, 0.717) is 30.0 Å². The fraction of sp³-hybridized carbons (Fsp3) is 0.250. The smallest absolute Gasteiger partial charge is 0.249 e. The minimum absolute atomic E-state index is 0.0563. The third-order valence-corrected chi connectivity index (χ3v) is 7.31. The molecule has 0 bridgehead atoms. The fourth-order valence-electron chi connectivity index (χ4n) is 3.38. The third kappa shape index (κ3) is 5.75. The molecule has 0 atom stereocenters. The van der Waals surface area contributed by atoms with Crippen LogP contribution in [-0.4, -0.2) is 41.5 Å². The number of carbonyl (C=O) groups excluding carboxylic acids is 1. The molecule has 2 aromatic carbocycles. The van der Waals surface area contributed by atoms with E-state index in [-0.39, 0.29) is 17.0 Å². The molecule has 7 nitrogen and oxygen atoms in total. The average molecular weight is 489 g/mol. The summed E-state index contributed by atoms with van der Waals surface area (Å²) in [7, 11) is -3.55. The summed E-state index contributed by atoms with van der Waals surface area (Å²) in [6, 6.07) is 9.38. The minimum atomic E-state index is -3.55. The van der Waals surface area contributed by atoms with Crippen LogP contribution in [0.1, 0.15) is 30.5 Å². The number of nitrogens with zero attached hydrogens (tertiary/aromatic N) is 3. The second kappa shape index (κ2) is 10.7. The van der Waals surface area contributed by atoms with Crippen LogP contribution in [0.3, 0.4) is 0 Å². The summed E-state index contributed by atoms with van der Waals surface area (Å²) in [5.41, 5.74) is 1.40. The summed E-state index contributed by atoms with van der Waals surface area (Å²) >= 11 is 0. The van der Waals surface area contributed by atoms with Crippen LogP contribution in [0.25, 0.3) is 6.08 Å².